The number of rotatable bonds is 0. The molecule has 0 N–H and O–H groups in total. The standard InChI is InChI=1S/C28H16O/c29-25-14-6-13-22-23(25)15-24-17-8-2-1-7-16(17)20-11-5-12-21-18-9-3-4-10-19(18)27(22)28(24)26(20)21/h1-13,15H,14H2. The molecule has 0 spiro atoms. The van der Waals surface area contributed by atoms with E-state index in [4.69, 9.17) is 0 Å². The average molecular weight is 368 g/mol. The van der Waals surface area contributed by atoms with Gasteiger partial charge in [0.1, 0.15) is 0 Å². The Hall–Kier alpha value is -3.71. The van der Waals surface area contributed by atoms with Gasteiger partial charge in [0.05, 0.1) is 0 Å². The predicted molar refractivity (Wildman–Crippen MR) is 123 cm³/mol. The fourth-order valence-corrected chi connectivity index (χ4v) is 5.41. The van der Waals surface area contributed by atoms with Crippen LogP contribution in [0.3, 0.4) is 0 Å². The molecule has 0 unspecified atom stereocenters. The van der Waals surface area contributed by atoms with E-state index in [0.717, 1.165) is 11.1 Å². The molecule has 0 radical (unpaired) electrons. The van der Waals surface area contributed by atoms with E-state index in [-0.39, 0.29) is 5.78 Å². The van der Waals surface area contributed by atoms with Gasteiger partial charge in [0, 0.05) is 12.0 Å². The molecule has 29 heavy (non-hydrogen) atoms. The van der Waals surface area contributed by atoms with E-state index in [1.807, 2.05) is 6.08 Å². The molecule has 7 rings (SSSR count). The van der Waals surface area contributed by atoms with Gasteiger partial charge in [0.15, 0.2) is 5.78 Å². The SMILES string of the molecule is O=C1CC=Cc2c1cc1c3ccccc3c3cccc4c5ccccc5c2c1c34. The number of carbonyl (C=O) groups excluding carboxylic acids is 1. The molecular weight excluding hydrogens is 352 g/mol. The van der Waals surface area contributed by atoms with Gasteiger partial charge in [-0.25, -0.2) is 0 Å². The zero-order valence-electron chi connectivity index (χ0n) is 15.7. The minimum Gasteiger partial charge on any atom is -0.294 e. The van der Waals surface area contributed by atoms with Gasteiger partial charge in [-0.2, -0.15) is 0 Å². The molecule has 0 aliphatic heterocycles. The minimum absolute atomic E-state index is 0.209. The average Bonchev–Trinajstić information content (AvgIpc) is 2.78. The molecule has 0 bridgehead atoms. The van der Waals surface area contributed by atoms with Crippen LogP contribution >= 0.6 is 0 Å². The van der Waals surface area contributed by atoms with E-state index in [9.17, 15) is 4.79 Å². The Kier molecular flexibility index (Phi) is 2.74. The van der Waals surface area contributed by atoms with E-state index < -0.39 is 0 Å². The van der Waals surface area contributed by atoms with Crippen LogP contribution in [0.15, 0.2) is 78.9 Å². The zero-order chi connectivity index (χ0) is 19.1. The first kappa shape index (κ1) is 15.2. The Morgan fingerprint density at radius 2 is 1.10 bits per heavy atom. The highest BCUT2D eigenvalue weighted by atomic mass is 16.1. The molecule has 0 fully saturated rings. The molecule has 0 atom stereocenters. The minimum atomic E-state index is 0.209. The molecule has 0 saturated carbocycles. The van der Waals surface area contributed by atoms with Crippen LogP contribution in [0.4, 0.5) is 0 Å². The van der Waals surface area contributed by atoms with Crippen LogP contribution in [0.1, 0.15) is 22.3 Å². The van der Waals surface area contributed by atoms with Crippen LogP contribution in [0.25, 0.3) is 59.9 Å². The quantitative estimate of drug-likeness (QED) is 0.200. The Morgan fingerprint density at radius 1 is 0.552 bits per heavy atom. The summed E-state index contributed by atoms with van der Waals surface area (Å²) in [6.45, 7) is 0. The third kappa shape index (κ3) is 1.78. The number of allylic oxidation sites excluding steroid dienone is 1. The normalized spacial score (nSPS) is 14.0. The van der Waals surface area contributed by atoms with Crippen LogP contribution in [-0.2, 0) is 0 Å². The molecule has 0 aromatic heterocycles. The summed E-state index contributed by atoms with van der Waals surface area (Å²) < 4.78 is 0. The summed E-state index contributed by atoms with van der Waals surface area (Å²) in [6.07, 6.45) is 4.64. The molecule has 0 heterocycles. The van der Waals surface area contributed by atoms with Crippen LogP contribution < -0.4 is 0 Å². The van der Waals surface area contributed by atoms with Crippen molar-refractivity contribution < 1.29 is 4.79 Å². The Labute approximate surface area is 167 Å². The van der Waals surface area contributed by atoms with E-state index in [2.05, 4.69) is 78.9 Å². The van der Waals surface area contributed by atoms with Crippen LogP contribution in [-0.4, -0.2) is 5.78 Å². The summed E-state index contributed by atoms with van der Waals surface area (Å²) in [7, 11) is 0. The number of fused-ring (bicyclic) bond motifs is 8. The van der Waals surface area contributed by atoms with Gasteiger partial charge in [-0.3, -0.25) is 4.79 Å². The summed E-state index contributed by atoms with van der Waals surface area (Å²) in [5.74, 6) is 0.209. The summed E-state index contributed by atoms with van der Waals surface area (Å²) in [5.41, 5.74) is 1.93. The first-order chi connectivity index (χ1) is 14.3. The van der Waals surface area contributed by atoms with Gasteiger partial charge >= 0.3 is 0 Å². The van der Waals surface area contributed by atoms with Gasteiger partial charge in [-0.05, 0) is 65.5 Å². The van der Waals surface area contributed by atoms with Crippen LogP contribution in [0.5, 0.6) is 0 Å². The molecule has 1 heteroatoms. The lowest BCUT2D eigenvalue weighted by molar-refractivity contribution is 0.0995. The first-order valence-corrected chi connectivity index (χ1v) is 10.1. The zero-order valence-corrected chi connectivity index (χ0v) is 15.7. The highest BCUT2D eigenvalue weighted by Gasteiger charge is 2.23. The number of carbonyl (C=O) groups is 1. The van der Waals surface area contributed by atoms with Crippen molar-refractivity contribution in [3.05, 3.63) is 90.0 Å². The largest absolute Gasteiger partial charge is 0.294 e. The van der Waals surface area contributed by atoms with Crippen LogP contribution in [0.2, 0.25) is 0 Å². The second-order valence-corrected chi connectivity index (χ2v) is 7.98. The topological polar surface area (TPSA) is 17.1 Å². The third-order valence-corrected chi connectivity index (χ3v) is 6.56. The Balaban J connectivity index is 1.98. The summed E-state index contributed by atoms with van der Waals surface area (Å²) in [5, 5.41) is 12.5. The highest BCUT2D eigenvalue weighted by Crippen LogP contribution is 2.47. The number of ketones is 1. The van der Waals surface area contributed by atoms with Crippen molar-refractivity contribution >= 4 is 65.7 Å². The van der Waals surface area contributed by atoms with Crippen molar-refractivity contribution in [2.45, 2.75) is 6.42 Å². The first-order valence-electron chi connectivity index (χ1n) is 10.1. The number of Topliss-reactive ketones (excluding diaryl/α,β-unsaturated/α-hetero) is 1. The fourth-order valence-electron chi connectivity index (χ4n) is 5.41. The number of benzene rings is 6. The lowest BCUT2D eigenvalue weighted by Crippen LogP contribution is -2.06. The van der Waals surface area contributed by atoms with E-state index in [0.29, 0.717) is 6.42 Å². The van der Waals surface area contributed by atoms with Crippen molar-refractivity contribution in [2.24, 2.45) is 0 Å². The molecule has 6 aromatic carbocycles. The van der Waals surface area contributed by atoms with Crippen molar-refractivity contribution in [1.82, 2.24) is 0 Å². The fraction of sp³-hybridized carbons (Fsp3) is 0.0357. The van der Waals surface area contributed by atoms with E-state index in [1.165, 1.54) is 53.9 Å². The smallest absolute Gasteiger partial charge is 0.167 e. The molecule has 0 saturated heterocycles. The Bertz CT molecular complexity index is 1670. The van der Waals surface area contributed by atoms with Crippen molar-refractivity contribution in [1.29, 1.82) is 0 Å². The second-order valence-electron chi connectivity index (χ2n) is 7.98. The van der Waals surface area contributed by atoms with Gasteiger partial charge in [-0.1, -0.05) is 78.9 Å². The summed E-state index contributed by atoms with van der Waals surface area (Å²) in [4.78, 5) is 12.9. The van der Waals surface area contributed by atoms with Gasteiger partial charge < -0.3 is 0 Å². The van der Waals surface area contributed by atoms with Gasteiger partial charge in [0.2, 0.25) is 0 Å². The van der Waals surface area contributed by atoms with E-state index >= 15 is 0 Å². The lowest BCUT2D eigenvalue weighted by atomic mass is 9.81. The lowest BCUT2D eigenvalue weighted by Gasteiger charge is -2.21. The monoisotopic (exact) mass is 368 g/mol. The number of hydrogen-bond acceptors (Lipinski definition) is 1. The summed E-state index contributed by atoms with van der Waals surface area (Å²) >= 11 is 0. The maximum atomic E-state index is 12.9. The molecule has 1 aliphatic carbocycles. The maximum absolute atomic E-state index is 12.9. The molecule has 1 aliphatic rings. The van der Waals surface area contributed by atoms with E-state index in [1.54, 1.807) is 0 Å². The van der Waals surface area contributed by atoms with Crippen molar-refractivity contribution in [2.75, 3.05) is 0 Å². The highest BCUT2D eigenvalue weighted by molar-refractivity contribution is 6.41. The second kappa shape index (κ2) is 5.21. The molecular formula is C28H16O. The molecule has 1 nitrogen and oxygen atoms in total. The summed E-state index contributed by atoms with van der Waals surface area (Å²) in [6, 6.07) is 26.0. The maximum Gasteiger partial charge on any atom is 0.167 e. The Morgan fingerprint density at radius 3 is 1.83 bits per heavy atom. The molecule has 6 aromatic rings. The molecule has 134 valence electrons. The third-order valence-electron chi connectivity index (χ3n) is 6.56. The van der Waals surface area contributed by atoms with Crippen LogP contribution in [0, 0.1) is 0 Å². The van der Waals surface area contributed by atoms with Gasteiger partial charge in [-0.15, -0.1) is 0 Å². The van der Waals surface area contributed by atoms with Crippen molar-refractivity contribution in [3.63, 3.8) is 0 Å². The van der Waals surface area contributed by atoms with Gasteiger partial charge in [0.25, 0.3) is 0 Å². The number of hydrogen-bond donors (Lipinski definition) is 0. The predicted octanol–water partition coefficient (Wildman–Crippen LogP) is 7.49. The van der Waals surface area contributed by atoms with Crippen molar-refractivity contribution in [3.8, 4) is 0 Å². The molecule has 0 amide bonds.